The van der Waals surface area contributed by atoms with Gasteiger partial charge < -0.3 is 10.0 Å². The van der Waals surface area contributed by atoms with Crippen molar-refractivity contribution in [2.75, 3.05) is 31.1 Å². The summed E-state index contributed by atoms with van der Waals surface area (Å²) in [5.41, 5.74) is -0.0721. The molecule has 1 aliphatic rings. The molecule has 0 spiro atoms. The Kier molecular flexibility index (Phi) is 3.99. The highest BCUT2D eigenvalue weighted by Gasteiger charge is 2.26. The first-order valence-corrected chi connectivity index (χ1v) is 6.40. The number of carboxylic acid groups (broad SMARTS) is 1. The SMILES string of the molecule is CCN1CCN(c2ncc(F)cc2C(=O)O)CC1C. The lowest BCUT2D eigenvalue weighted by molar-refractivity contribution is 0.0696. The Morgan fingerprint density at radius 2 is 2.32 bits per heavy atom. The second-order valence-electron chi connectivity index (χ2n) is 4.75. The van der Waals surface area contributed by atoms with E-state index in [1.807, 2.05) is 4.90 Å². The third kappa shape index (κ3) is 2.84. The highest BCUT2D eigenvalue weighted by atomic mass is 19.1. The third-order valence-electron chi connectivity index (χ3n) is 3.53. The van der Waals surface area contributed by atoms with Crippen LogP contribution < -0.4 is 4.90 Å². The van der Waals surface area contributed by atoms with E-state index >= 15 is 0 Å². The van der Waals surface area contributed by atoms with Crippen molar-refractivity contribution in [3.63, 3.8) is 0 Å². The van der Waals surface area contributed by atoms with Crippen LogP contribution in [0.4, 0.5) is 10.2 Å². The number of pyridine rings is 1. The van der Waals surface area contributed by atoms with Gasteiger partial charge in [0.2, 0.25) is 0 Å². The molecule has 1 N–H and O–H groups in total. The maximum Gasteiger partial charge on any atom is 0.339 e. The van der Waals surface area contributed by atoms with E-state index in [9.17, 15) is 9.18 Å². The summed E-state index contributed by atoms with van der Waals surface area (Å²) in [6.07, 6.45) is 1.07. The average molecular weight is 267 g/mol. The lowest BCUT2D eigenvalue weighted by Crippen LogP contribution is -2.52. The lowest BCUT2D eigenvalue weighted by atomic mass is 10.1. The highest BCUT2D eigenvalue weighted by Crippen LogP contribution is 2.22. The molecule has 1 aromatic rings. The molecule has 0 saturated carbocycles. The number of carboxylic acids is 1. The van der Waals surface area contributed by atoms with Gasteiger partial charge in [0.15, 0.2) is 0 Å². The summed E-state index contributed by atoms with van der Waals surface area (Å²) in [6.45, 7) is 7.43. The van der Waals surface area contributed by atoms with Crippen molar-refractivity contribution in [3.8, 4) is 0 Å². The van der Waals surface area contributed by atoms with Gasteiger partial charge in [0.05, 0.1) is 6.20 Å². The fraction of sp³-hybridized carbons (Fsp3) is 0.538. The normalized spacial score (nSPS) is 20.6. The van der Waals surface area contributed by atoms with Gasteiger partial charge in [-0.1, -0.05) is 6.92 Å². The van der Waals surface area contributed by atoms with Crippen LogP contribution in [0.5, 0.6) is 0 Å². The van der Waals surface area contributed by atoms with E-state index in [4.69, 9.17) is 5.11 Å². The largest absolute Gasteiger partial charge is 0.478 e. The summed E-state index contributed by atoms with van der Waals surface area (Å²) in [5, 5.41) is 9.14. The molecule has 0 bridgehead atoms. The van der Waals surface area contributed by atoms with E-state index in [0.29, 0.717) is 24.9 Å². The zero-order valence-corrected chi connectivity index (χ0v) is 11.1. The van der Waals surface area contributed by atoms with Gasteiger partial charge in [-0.25, -0.2) is 14.2 Å². The van der Waals surface area contributed by atoms with Gasteiger partial charge in [0, 0.05) is 25.7 Å². The van der Waals surface area contributed by atoms with E-state index in [0.717, 1.165) is 25.4 Å². The van der Waals surface area contributed by atoms with Gasteiger partial charge in [0.25, 0.3) is 0 Å². The minimum atomic E-state index is -1.15. The van der Waals surface area contributed by atoms with Gasteiger partial charge >= 0.3 is 5.97 Å². The lowest BCUT2D eigenvalue weighted by Gasteiger charge is -2.40. The average Bonchev–Trinajstić information content (AvgIpc) is 2.38. The van der Waals surface area contributed by atoms with Gasteiger partial charge in [-0.15, -0.1) is 0 Å². The summed E-state index contributed by atoms with van der Waals surface area (Å²) in [5.74, 6) is -1.41. The van der Waals surface area contributed by atoms with Gasteiger partial charge in [-0.05, 0) is 19.5 Å². The van der Waals surface area contributed by atoms with E-state index in [1.54, 1.807) is 0 Å². The number of aromatic carboxylic acids is 1. The van der Waals surface area contributed by atoms with Crippen molar-refractivity contribution < 1.29 is 14.3 Å². The van der Waals surface area contributed by atoms with Crippen LogP contribution in [0, 0.1) is 5.82 Å². The first-order valence-electron chi connectivity index (χ1n) is 6.40. The zero-order chi connectivity index (χ0) is 14.0. The number of hydrogen-bond donors (Lipinski definition) is 1. The summed E-state index contributed by atoms with van der Waals surface area (Å²) >= 11 is 0. The molecule has 6 heteroatoms. The molecule has 5 nitrogen and oxygen atoms in total. The summed E-state index contributed by atoms with van der Waals surface area (Å²) in [6, 6.07) is 1.36. The number of rotatable bonds is 3. The molecule has 2 rings (SSSR count). The van der Waals surface area contributed by atoms with E-state index in [-0.39, 0.29) is 5.56 Å². The van der Waals surface area contributed by atoms with E-state index < -0.39 is 11.8 Å². The molecule has 1 saturated heterocycles. The third-order valence-corrected chi connectivity index (χ3v) is 3.53. The first kappa shape index (κ1) is 13.7. The summed E-state index contributed by atoms with van der Waals surface area (Å²) in [4.78, 5) is 19.4. The second-order valence-corrected chi connectivity index (χ2v) is 4.75. The number of halogens is 1. The second kappa shape index (κ2) is 5.52. The molecule has 0 aromatic carbocycles. The minimum Gasteiger partial charge on any atom is -0.478 e. The van der Waals surface area contributed by atoms with Crippen LogP contribution in [-0.4, -0.2) is 53.2 Å². The van der Waals surface area contributed by atoms with Crippen LogP contribution in [0.3, 0.4) is 0 Å². The maximum atomic E-state index is 13.1. The first-order chi connectivity index (χ1) is 9.02. The highest BCUT2D eigenvalue weighted by molar-refractivity contribution is 5.93. The predicted molar refractivity (Wildman–Crippen MR) is 70.1 cm³/mol. The van der Waals surface area contributed by atoms with Crippen molar-refractivity contribution in [2.24, 2.45) is 0 Å². The Hall–Kier alpha value is -1.69. The maximum absolute atomic E-state index is 13.1. The van der Waals surface area contributed by atoms with Crippen LogP contribution >= 0.6 is 0 Å². The molecule has 104 valence electrons. The fourth-order valence-corrected chi connectivity index (χ4v) is 2.50. The molecule has 1 aliphatic heterocycles. The van der Waals surface area contributed by atoms with E-state index in [1.165, 1.54) is 0 Å². The van der Waals surface area contributed by atoms with Gasteiger partial charge in [-0.2, -0.15) is 0 Å². The Morgan fingerprint density at radius 1 is 1.58 bits per heavy atom. The molecule has 1 fully saturated rings. The summed E-state index contributed by atoms with van der Waals surface area (Å²) in [7, 11) is 0. The van der Waals surface area contributed by atoms with Crippen LogP contribution in [-0.2, 0) is 0 Å². The Bertz CT molecular complexity index is 481. The topological polar surface area (TPSA) is 56.7 Å². The molecular weight excluding hydrogens is 249 g/mol. The monoisotopic (exact) mass is 267 g/mol. The summed E-state index contributed by atoms with van der Waals surface area (Å²) < 4.78 is 13.1. The number of likely N-dealkylation sites (N-methyl/N-ethyl adjacent to an activating group) is 1. The Balaban J connectivity index is 2.25. The minimum absolute atomic E-state index is 0.0721. The predicted octanol–water partition coefficient (Wildman–Crippen LogP) is 1.45. The zero-order valence-electron chi connectivity index (χ0n) is 11.1. The molecule has 0 radical (unpaired) electrons. The Labute approximate surface area is 111 Å². The fourth-order valence-electron chi connectivity index (χ4n) is 2.50. The van der Waals surface area contributed by atoms with Crippen LogP contribution in [0.25, 0.3) is 0 Å². The molecule has 1 aromatic heterocycles. The van der Waals surface area contributed by atoms with Crippen LogP contribution in [0.1, 0.15) is 24.2 Å². The van der Waals surface area contributed by atoms with Crippen LogP contribution in [0.15, 0.2) is 12.3 Å². The van der Waals surface area contributed by atoms with Gasteiger partial charge in [-0.3, -0.25) is 4.90 Å². The number of anilines is 1. The smallest absolute Gasteiger partial charge is 0.339 e. The van der Waals surface area contributed by atoms with E-state index in [2.05, 4.69) is 23.7 Å². The molecule has 0 amide bonds. The van der Waals surface area contributed by atoms with Crippen LogP contribution in [0.2, 0.25) is 0 Å². The number of hydrogen-bond acceptors (Lipinski definition) is 4. The standard InChI is InChI=1S/C13H18FN3O2/c1-3-16-4-5-17(8-9(16)2)12-11(13(18)19)6-10(14)7-15-12/h6-7,9H,3-5,8H2,1-2H3,(H,18,19). The van der Waals surface area contributed by atoms with Crippen molar-refractivity contribution in [2.45, 2.75) is 19.9 Å². The Morgan fingerprint density at radius 3 is 2.89 bits per heavy atom. The molecular formula is C13H18FN3O2. The molecule has 2 heterocycles. The number of carbonyl (C=O) groups is 1. The number of aromatic nitrogens is 1. The van der Waals surface area contributed by atoms with Crippen molar-refractivity contribution >= 4 is 11.8 Å². The van der Waals surface area contributed by atoms with Crippen molar-refractivity contribution in [1.82, 2.24) is 9.88 Å². The molecule has 1 atom stereocenters. The van der Waals surface area contributed by atoms with Crippen molar-refractivity contribution in [3.05, 3.63) is 23.6 Å². The number of nitrogens with zero attached hydrogens (tertiary/aromatic N) is 3. The molecule has 0 aliphatic carbocycles. The molecule has 1 unspecified atom stereocenters. The van der Waals surface area contributed by atoms with Gasteiger partial charge in [0.1, 0.15) is 17.2 Å². The molecule has 19 heavy (non-hydrogen) atoms. The quantitative estimate of drug-likeness (QED) is 0.898. The number of piperazine rings is 1. The van der Waals surface area contributed by atoms with Crippen molar-refractivity contribution in [1.29, 1.82) is 0 Å².